The van der Waals surface area contributed by atoms with E-state index >= 15 is 0 Å². The van der Waals surface area contributed by atoms with E-state index < -0.39 is 12.2 Å². The van der Waals surface area contributed by atoms with Gasteiger partial charge in [0.05, 0.1) is 12.2 Å². The SMILES string of the molecule is O[C@@H]1CN(c2nnc(Br)s2)C[C@@H]1O. The fraction of sp³-hybridized carbons (Fsp3) is 0.667. The molecule has 2 heterocycles. The first kappa shape index (κ1) is 9.32. The van der Waals surface area contributed by atoms with Crippen LogP contribution in [-0.2, 0) is 0 Å². The van der Waals surface area contributed by atoms with Gasteiger partial charge >= 0.3 is 0 Å². The Morgan fingerprint density at radius 1 is 1.31 bits per heavy atom. The summed E-state index contributed by atoms with van der Waals surface area (Å²) in [6.07, 6.45) is -1.36. The van der Waals surface area contributed by atoms with Crippen LogP contribution in [0.1, 0.15) is 0 Å². The molecule has 0 spiro atoms. The highest BCUT2D eigenvalue weighted by Gasteiger charge is 2.31. The summed E-state index contributed by atoms with van der Waals surface area (Å²) in [7, 11) is 0. The summed E-state index contributed by atoms with van der Waals surface area (Å²) in [5, 5.41) is 27.0. The summed E-state index contributed by atoms with van der Waals surface area (Å²) >= 11 is 4.59. The molecule has 72 valence electrons. The van der Waals surface area contributed by atoms with Gasteiger partial charge in [-0.3, -0.25) is 0 Å². The lowest BCUT2D eigenvalue weighted by molar-refractivity contribution is 0.0572. The molecule has 0 aromatic carbocycles. The van der Waals surface area contributed by atoms with E-state index in [0.29, 0.717) is 17.0 Å². The number of aromatic nitrogens is 2. The Labute approximate surface area is 87.1 Å². The molecule has 1 aromatic heterocycles. The zero-order valence-electron chi connectivity index (χ0n) is 6.59. The minimum Gasteiger partial charge on any atom is -0.389 e. The van der Waals surface area contributed by atoms with Gasteiger partial charge in [-0.1, -0.05) is 11.3 Å². The van der Waals surface area contributed by atoms with E-state index in [9.17, 15) is 10.2 Å². The monoisotopic (exact) mass is 265 g/mol. The van der Waals surface area contributed by atoms with E-state index in [0.717, 1.165) is 5.13 Å². The molecule has 0 bridgehead atoms. The van der Waals surface area contributed by atoms with Crippen LogP contribution in [0, 0.1) is 0 Å². The zero-order chi connectivity index (χ0) is 9.42. The molecule has 0 amide bonds. The van der Waals surface area contributed by atoms with Gasteiger partial charge in [-0.2, -0.15) is 0 Å². The summed E-state index contributed by atoms with van der Waals surface area (Å²) < 4.78 is 0.707. The van der Waals surface area contributed by atoms with Crippen molar-refractivity contribution in [2.75, 3.05) is 18.0 Å². The predicted molar refractivity (Wildman–Crippen MR) is 51.8 cm³/mol. The fourth-order valence-electron chi connectivity index (χ4n) is 1.25. The van der Waals surface area contributed by atoms with Crippen LogP contribution in [0.5, 0.6) is 0 Å². The van der Waals surface area contributed by atoms with E-state index in [-0.39, 0.29) is 0 Å². The van der Waals surface area contributed by atoms with Crippen LogP contribution in [-0.4, -0.2) is 45.7 Å². The maximum atomic E-state index is 9.29. The number of hydrogen-bond acceptors (Lipinski definition) is 6. The second-order valence-corrected chi connectivity index (χ2v) is 5.11. The maximum Gasteiger partial charge on any atom is 0.209 e. The van der Waals surface area contributed by atoms with E-state index in [1.165, 1.54) is 11.3 Å². The van der Waals surface area contributed by atoms with Crippen LogP contribution in [0.2, 0.25) is 0 Å². The van der Waals surface area contributed by atoms with Gasteiger partial charge in [0.25, 0.3) is 0 Å². The van der Waals surface area contributed by atoms with Gasteiger partial charge in [0, 0.05) is 13.1 Å². The van der Waals surface area contributed by atoms with Crippen LogP contribution in [0.4, 0.5) is 5.13 Å². The molecule has 2 atom stereocenters. The molecule has 5 nitrogen and oxygen atoms in total. The normalized spacial score (nSPS) is 28.4. The summed E-state index contributed by atoms with van der Waals surface area (Å²) in [5.41, 5.74) is 0. The molecule has 1 fully saturated rings. The van der Waals surface area contributed by atoms with Gasteiger partial charge in [-0.15, -0.1) is 10.2 Å². The van der Waals surface area contributed by atoms with Crippen LogP contribution >= 0.6 is 27.3 Å². The maximum absolute atomic E-state index is 9.29. The van der Waals surface area contributed by atoms with Crippen molar-refractivity contribution in [2.24, 2.45) is 0 Å². The first-order chi connectivity index (χ1) is 6.16. The zero-order valence-corrected chi connectivity index (χ0v) is 8.99. The van der Waals surface area contributed by atoms with E-state index in [4.69, 9.17) is 0 Å². The van der Waals surface area contributed by atoms with Gasteiger partial charge in [0.1, 0.15) is 0 Å². The minimum atomic E-state index is -0.678. The first-order valence-electron chi connectivity index (χ1n) is 3.77. The number of nitrogens with zero attached hydrogens (tertiary/aromatic N) is 3. The number of β-amino-alcohol motifs (C(OH)–C–C–N with tert-alkyl or cyclic N) is 2. The molecule has 1 aliphatic heterocycles. The van der Waals surface area contributed by atoms with Gasteiger partial charge in [-0.25, -0.2) is 0 Å². The Morgan fingerprint density at radius 2 is 1.92 bits per heavy atom. The second kappa shape index (κ2) is 3.49. The highest BCUT2D eigenvalue weighted by Crippen LogP contribution is 2.26. The summed E-state index contributed by atoms with van der Waals surface area (Å²) in [5.74, 6) is 0. The highest BCUT2D eigenvalue weighted by molar-refractivity contribution is 9.11. The summed E-state index contributed by atoms with van der Waals surface area (Å²) in [6.45, 7) is 0.839. The molecule has 0 radical (unpaired) electrons. The molecule has 13 heavy (non-hydrogen) atoms. The molecule has 1 aromatic rings. The third kappa shape index (κ3) is 1.83. The van der Waals surface area contributed by atoms with Gasteiger partial charge in [0.2, 0.25) is 5.13 Å². The molecule has 0 aliphatic carbocycles. The second-order valence-electron chi connectivity index (χ2n) is 2.88. The smallest absolute Gasteiger partial charge is 0.209 e. The fourth-order valence-corrected chi connectivity index (χ4v) is 2.36. The highest BCUT2D eigenvalue weighted by atomic mass is 79.9. The van der Waals surface area contributed by atoms with E-state index in [2.05, 4.69) is 26.1 Å². The molecule has 2 rings (SSSR count). The number of aliphatic hydroxyl groups excluding tert-OH is 2. The van der Waals surface area contributed by atoms with Gasteiger partial charge in [0.15, 0.2) is 3.92 Å². The van der Waals surface area contributed by atoms with Crippen molar-refractivity contribution in [2.45, 2.75) is 12.2 Å². The lowest BCUT2D eigenvalue weighted by atomic mass is 10.3. The first-order valence-corrected chi connectivity index (χ1v) is 5.38. The third-order valence-electron chi connectivity index (χ3n) is 1.92. The largest absolute Gasteiger partial charge is 0.389 e. The molecule has 0 unspecified atom stereocenters. The van der Waals surface area contributed by atoms with Crippen LogP contribution in [0.15, 0.2) is 3.92 Å². The van der Waals surface area contributed by atoms with Crippen LogP contribution in [0.3, 0.4) is 0 Å². The van der Waals surface area contributed by atoms with Crippen molar-refractivity contribution >= 4 is 32.4 Å². The summed E-state index contributed by atoms with van der Waals surface area (Å²) in [4.78, 5) is 1.82. The Bertz CT molecular complexity index is 298. The van der Waals surface area contributed by atoms with Gasteiger partial charge < -0.3 is 15.1 Å². The number of rotatable bonds is 1. The number of hydrogen-bond donors (Lipinski definition) is 2. The van der Waals surface area contributed by atoms with Crippen molar-refractivity contribution in [1.29, 1.82) is 0 Å². The van der Waals surface area contributed by atoms with Gasteiger partial charge in [-0.05, 0) is 15.9 Å². The lowest BCUT2D eigenvalue weighted by Gasteiger charge is -2.11. The Balaban J connectivity index is 2.11. The van der Waals surface area contributed by atoms with Crippen molar-refractivity contribution < 1.29 is 10.2 Å². The van der Waals surface area contributed by atoms with Crippen LogP contribution in [0.25, 0.3) is 0 Å². The minimum absolute atomic E-state index is 0.419. The molecule has 2 N–H and O–H groups in total. The molecule has 7 heteroatoms. The number of aliphatic hydroxyl groups is 2. The average molecular weight is 266 g/mol. The van der Waals surface area contributed by atoms with Crippen LogP contribution < -0.4 is 4.90 Å². The average Bonchev–Trinajstić information content (AvgIpc) is 2.61. The Kier molecular flexibility index (Phi) is 2.50. The lowest BCUT2D eigenvalue weighted by Crippen LogP contribution is -2.22. The van der Waals surface area contributed by atoms with E-state index in [1.807, 2.05) is 4.90 Å². The third-order valence-corrected chi connectivity index (χ3v) is 3.34. The molecular weight excluding hydrogens is 258 g/mol. The molecule has 1 aliphatic rings. The number of halogens is 1. The van der Waals surface area contributed by atoms with Crippen molar-refractivity contribution in [3.8, 4) is 0 Å². The standard InChI is InChI=1S/C6H8BrN3O2S/c7-5-8-9-6(13-5)10-1-3(11)4(12)2-10/h3-4,11-12H,1-2H2/t3-,4+. The Hall–Kier alpha value is -0.240. The predicted octanol–water partition coefficient (Wildman–Crippen LogP) is -0.158. The van der Waals surface area contributed by atoms with Crippen molar-refractivity contribution in [3.63, 3.8) is 0 Å². The molecule has 0 saturated carbocycles. The van der Waals surface area contributed by atoms with E-state index in [1.54, 1.807) is 0 Å². The van der Waals surface area contributed by atoms with Crippen molar-refractivity contribution in [3.05, 3.63) is 3.92 Å². The van der Waals surface area contributed by atoms with Crippen molar-refractivity contribution in [1.82, 2.24) is 10.2 Å². The Morgan fingerprint density at radius 3 is 2.38 bits per heavy atom. The summed E-state index contributed by atoms with van der Waals surface area (Å²) in [6, 6.07) is 0. The number of anilines is 1. The quantitative estimate of drug-likeness (QED) is 0.739. The topological polar surface area (TPSA) is 69.5 Å². The molecule has 1 saturated heterocycles. The molecular formula is C6H8BrN3O2S.